The Balaban J connectivity index is 1.58. The lowest BCUT2D eigenvalue weighted by Gasteiger charge is -2.12. The second kappa shape index (κ2) is 10.8. The van der Waals surface area contributed by atoms with Gasteiger partial charge in [0, 0.05) is 10.4 Å². The number of benzene rings is 2. The molecule has 0 aliphatic carbocycles. The summed E-state index contributed by atoms with van der Waals surface area (Å²) in [7, 11) is 1.60. The van der Waals surface area contributed by atoms with Crippen molar-refractivity contribution >= 4 is 29.2 Å². The fourth-order valence-corrected chi connectivity index (χ4v) is 3.22. The highest BCUT2D eigenvalue weighted by Gasteiger charge is 2.14. The molecule has 1 heterocycles. The molecule has 3 rings (SSSR count). The predicted molar refractivity (Wildman–Crippen MR) is 118 cm³/mol. The average Bonchev–Trinajstić information content (AvgIpc) is 3.30. The van der Waals surface area contributed by atoms with E-state index in [1.165, 1.54) is 11.3 Å². The Bertz CT molecular complexity index is 984. The van der Waals surface area contributed by atoms with Crippen molar-refractivity contribution in [1.82, 2.24) is 10.6 Å². The van der Waals surface area contributed by atoms with Crippen LogP contribution in [0.4, 0.5) is 0 Å². The van der Waals surface area contributed by atoms with Crippen LogP contribution in [0.2, 0.25) is 0 Å². The summed E-state index contributed by atoms with van der Waals surface area (Å²) in [5.41, 5.74) is 0.654. The fourth-order valence-electron chi connectivity index (χ4n) is 2.56. The molecule has 7 heteroatoms. The van der Waals surface area contributed by atoms with Crippen molar-refractivity contribution < 1.29 is 19.1 Å². The first-order valence-corrected chi connectivity index (χ1v) is 10.2. The number of carbonyl (C=O) groups excluding carboxylic acids is 2. The van der Waals surface area contributed by atoms with Crippen molar-refractivity contribution in [3.8, 4) is 11.5 Å². The van der Waals surface area contributed by atoms with Crippen molar-refractivity contribution in [2.75, 3.05) is 20.3 Å². The maximum atomic E-state index is 12.7. The lowest BCUT2D eigenvalue weighted by atomic mass is 10.2. The van der Waals surface area contributed by atoms with Crippen LogP contribution in [0.25, 0.3) is 6.08 Å². The third kappa shape index (κ3) is 6.22. The zero-order chi connectivity index (χ0) is 21.2. The lowest BCUT2D eigenvalue weighted by molar-refractivity contribution is -0.117. The Labute approximate surface area is 179 Å². The van der Waals surface area contributed by atoms with Crippen molar-refractivity contribution in [3.05, 3.63) is 88.2 Å². The summed E-state index contributed by atoms with van der Waals surface area (Å²) < 4.78 is 10.7. The molecular formula is C23H22N2O4S. The van der Waals surface area contributed by atoms with E-state index in [-0.39, 0.29) is 30.7 Å². The van der Waals surface area contributed by atoms with E-state index in [1.54, 1.807) is 61.7 Å². The number of amides is 2. The molecule has 2 N–H and O–H groups in total. The molecule has 0 bridgehead atoms. The van der Waals surface area contributed by atoms with Crippen LogP contribution in [0.15, 0.2) is 77.8 Å². The van der Waals surface area contributed by atoms with Gasteiger partial charge in [-0.15, -0.1) is 11.3 Å². The summed E-state index contributed by atoms with van der Waals surface area (Å²) in [6.45, 7) is 0.574. The van der Waals surface area contributed by atoms with Gasteiger partial charge < -0.3 is 20.1 Å². The predicted octanol–water partition coefficient (Wildman–Crippen LogP) is 3.72. The molecule has 0 saturated heterocycles. The van der Waals surface area contributed by atoms with Crippen molar-refractivity contribution in [1.29, 1.82) is 0 Å². The van der Waals surface area contributed by atoms with Gasteiger partial charge in [0.2, 0.25) is 0 Å². The van der Waals surface area contributed by atoms with Gasteiger partial charge in [-0.05, 0) is 53.9 Å². The number of thiophene rings is 1. The highest BCUT2D eigenvalue weighted by molar-refractivity contribution is 7.10. The van der Waals surface area contributed by atoms with Crippen LogP contribution in [0.1, 0.15) is 15.2 Å². The van der Waals surface area contributed by atoms with E-state index in [1.807, 2.05) is 23.6 Å². The normalized spacial score (nSPS) is 10.9. The van der Waals surface area contributed by atoms with Crippen molar-refractivity contribution in [2.24, 2.45) is 0 Å². The zero-order valence-electron chi connectivity index (χ0n) is 16.5. The Morgan fingerprint density at radius 2 is 1.70 bits per heavy atom. The molecule has 0 aliphatic rings. The number of ether oxygens (including phenoxy) is 2. The molecule has 0 spiro atoms. The molecule has 2 aromatic carbocycles. The fraction of sp³-hybridized carbons (Fsp3) is 0.130. The smallest absolute Gasteiger partial charge is 0.267 e. The largest absolute Gasteiger partial charge is 0.497 e. The summed E-state index contributed by atoms with van der Waals surface area (Å²) in [5, 5.41) is 7.39. The molecule has 30 heavy (non-hydrogen) atoms. The topological polar surface area (TPSA) is 76.7 Å². The van der Waals surface area contributed by atoms with Crippen LogP contribution >= 0.6 is 11.3 Å². The summed E-state index contributed by atoms with van der Waals surface area (Å²) in [6.07, 6.45) is 1.66. The molecule has 0 radical (unpaired) electrons. The summed E-state index contributed by atoms with van der Waals surface area (Å²) in [6, 6.07) is 19.7. The Morgan fingerprint density at radius 3 is 2.37 bits per heavy atom. The zero-order valence-corrected chi connectivity index (χ0v) is 17.3. The minimum Gasteiger partial charge on any atom is -0.497 e. The highest BCUT2D eigenvalue weighted by Crippen LogP contribution is 2.17. The SMILES string of the molecule is COc1ccc(OCCNC(=O)/C(=C/c2cccs2)NC(=O)c2ccccc2)cc1. The molecule has 1 aromatic heterocycles. The number of nitrogens with one attached hydrogen (secondary N) is 2. The van der Waals surface area contributed by atoms with Crippen LogP contribution in [0.3, 0.4) is 0 Å². The number of rotatable bonds is 9. The average molecular weight is 423 g/mol. The standard InChI is InChI=1S/C23H22N2O4S/c1-28-18-9-11-19(12-10-18)29-14-13-24-23(27)21(16-20-8-5-15-30-20)25-22(26)17-6-3-2-4-7-17/h2-12,15-16H,13-14H2,1H3,(H,24,27)(H,25,26)/b21-16-. The second-order valence-corrected chi connectivity index (χ2v) is 7.15. The molecule has 0 unspecified atom stereocenters. The van der Waals surface area contributed by atoms with Gasteiger partial charge in [0.05, 0.1) is 13.7 Å². The van der Waals surface area contributed by atoms with E-state index in [0.717, 1.165) is 10.6 Å². The van der Waals surface area contributed by atoms with E-state index in [4.69, 9.17) is 9.47 Å². The number of hydrogen-bond acceptors (Lipinski definition) is 5. The monoisotopic (exact) mass is 422 g/mol. The van der Waals surface area contributed by atoms with Crippen LogP contribution < -0.4 is 20.1 Å². The van der Waals surface area contributed by atoms with E-state index < -0.39 is 0 Å². The third-order valence-corrected chi connectivity index (χ3v) is 4.89. The summed E-state index contributed by atoms with van der Waals surface area (Å²) in [5.74, 6) is 0.694. The van der Waals surface area contributed by atoms with Gasteiger partial charge in [-0.25, -0.2) is 0 Å². The lowest BCUT2D eigenvalue weighted by Crippen LogP contribution is -2.36. The molecular weight excluding hydrogens is 400 g/mol. The van der Waals surface area contributed by atoms with Gasteiger partial charge in [-0.3, -0.25) is 9.59 Å². The molecule has 0 saturated carbocycles. The van der Waals surface area contributed by atoms with E-state index in [0.29, 0.717) is 11.3 Å². The van der Waals surface area contributed by atoms with E-state index in [2.05, 4.69) is 10.6 Å². The third-order valence-electron chi connectivity index (χ3n) is 4.07. The molecule has 154 valence electrons. The number of hydrogen-bond donors (Lipinski definition) is 2. The Hall–Kier alpha value is -3.58. The van der Waals surface area contributed by atoms with Crippen molar-refractivity contribution in [2.45, 2.75) is 0 Å². The molecule has 0 aliphatic heterocycles. The van der Waals surface area contributed by atoms with Crippen LogP contribution in [-0.2, 0) is 4.79 Å². The first-order valence-electron chi connectivity index (χ1n) is 9.32. The van der Waals surface area contributed by atoms with Gasteiger partial charge in [0.1, 0.15) is 23.8 Å². The number of carbonyl (C=O) groups is 2. The first-order chi connectivity index (χ1) is 14.7. The molecule has 0 atom stereocenters. The second-order valence-electron chi connectivity index (χ2n) is 6.17. The minimum absolute atomic E-state index is 0.177. The van der Waals surface area contributed by atoms with E-state index >= 15 is 0 Å². The van der Waals surface area contributed by atoms with Crippen molar-refractivity contribution in [3.63, 3.8) is 0 Å². The van der Waals surface area contributed by atoms with Crippen LogP contribution in [-0.4, -0.2) is 32.1 Å². The van der Waals surface area contributed by atoms with Crippen LogP contribution in [0.5, 0.6) is 11.5 Å². The van der Waals surface area contributed by atoms with E-state index in [9.17, 15) is 9.59 Å². The Morgan fingerprint density at radius 1 is 0.967 bits per heavy atom. The maximum Gasteiger partial charge on any atom is 0.267 e. The van der Waals surface area contributed by atoms with Gasteiger partial charge >= 0.3 is 0 Å². The quantitative estimate of drug-likeness (QED) is 0.407. The summed E-state index contributed by atoms with van der Waals surface area (Å²) in [4.78, 5) is 26.0. The minimum atomic E-state index is -0.383. The molecule has 6 nitrogen and oxygen atoms in total. The van der Waals surface area contributed by atoms with Gasteiger partial charge in [-0.2, -0.15) is 0 Å². The maximum absolute atomic E-state index is 12.7. The molecule has 0 fully saturated rings. The van der Waals surface area contributed by atoms with Gasteiger partial charge in [-0.1, -0.05) is 24.3 Å². The molecule has 2 amide bonds. The van der Waals surface area contributed by atoms with Crippen LogP contribution in [0, 0.1) is 0 Å². The highest BCUT2D eigenvalue weighted by atomic mass is 32.1. The molecule has 3 aromatic rings. The summed E-state index contributed by atoms with van der Waals surface area (Å²) >= 11 is 1.48. The first kappa shape index (κ1) is 21.1. The van der Waals surface area contributed by atoms with Gasteiger partial charge in [0.25, 0.3) is 11.8 Å². The Kier molecular flexibility index (Phi) is 7.63. The number of methoxy groups -OCH3 is 1. The van der Waals surface area contributed by atoms with Gasteiger partial charge in [0.15, 0.2) is 0 Å².